The van der Waals surface area contributed by atoms with Gasteiger partial charge in [-0.1, -0.05) is 55.3 Å². The highest BCUT2D eigenvalue weighted by molar-refractivity contribution is 6.30. The molecule has 0 saturated heterocycles. The Morgan fingerprint density at radius 1 is 1.12 bits per heavy atom. The lowest BCUT2D eigenvalue weighted by Gasteiger charge is -2.39. The van der Waals surface area contributed by atoms with Crippen LogP contribution in [0.5, 0.6) is 0 Å². The Hall–Kier alpha value is -3.38. The topological polar surface area (TPSA) is 76.0 Å². The molecule has 2 heterocycles. The number of allylic oxidation sites excluding steroid dienone is 2. The lowest BCUT2D eigenvalue weighted by atomic mass is 9.73. The molecular formula is C26H25ClN4O2. The third-order valence-electron chi connectivity index (χ3n) is 6.24. The van der Waals surface area contributed by atoms with Crippen LogP contribution in [0.25, 0.3) is 0 Å². The van der Waals surface area contributed by atoms with Gasteiger partial charge in [-0.2, -0.15) is 5.10 Å². The number of rotatable bonds is 3. The van der Waals surface area contributed by atoms with E-state index in [0.717, 1.165) is 28.8 Å². The second kappa shape index (κ2) is 7.89. The number of halogens is 1. The summed E-state index contributed by atoms with van der Waals surface area (Å²) in [4.78, 5) is 26.4. The van der Waals surface area contributed by atoms with E-state index >= 15 is 0 Å². The molecule has 0 radical (unpaired) electrons. The maximum atomic E-state index is 13.3. The van der Waals surface area contributed by atoms with Crippen molar-refractivity contribution in [3.63, 3.8) is 0 Å². The van der Waals surface area contributed by atoms with Crippen molar-refractivity contribution >= 4 is 34.8 Å². The summed E-state index contributed by atoms with van der Waals surface area (Å²) in [6.07, 6.45) is 2.76. The van der Waals surface area contributed by atoms with Crippen LogP contribution < -0.4 is 10.6 Å². The second-order valence-electron chi connectivity index (χ2n) is 9.58. The summed E-state index contributed by atoms with van der Waals surface area (Å²) in [6, 6.07) is 14.7. The zero-order valence-corrected chi connectivity index (χ0v) is 19.5. The van der Waals surface area contributed by atoms with E-state index < -0.39 is 0 Å². The van der Waals surface area contributed by atoms with E-state index in [1.807, 2.05) is 31.2 Å². The zero-order valence-electron chi connectivity index (χ0n) is 18.8. The van der Waals surface area contributed by atoms with Crippen molar-refractivity contribution < 1.29 is 9.59 Å². The number of anilines is 2. The number of nitrogens with one attached hydrogen (secondary N) is 2. The lowest BCUT2D eigenvalue weighted by Crippen LogP contribution is -2.37. The average molecular weight is 461 g/mol. The number of hydrogen-bond acceptors (Lipinski definition) is 4. The minimum atomic E-state index is -0.377. The molecule has 1 amide bonds. The fourth-order valence-electron chi connectivity index (χ4n) is 4.67. The molecule has 0 spiro atoms. The molecule has 2 N–H and O–H groups in total. The van der Waals surface area contributed by atoms with E-state index in [0.29, 0.717) is 28.5 Å². The van der Waals surface area contributed by atoms with E-state index in [1.165, 1.54) is 0 Å². The van der Waals surface area contributed by atoms with Crippen LogP contribution in [0.15, 0.2) is 66.0 Å². The molecule has 0 fully saturated rings. The standard InChI is InChI=1S/C26H25ClN4O2/c1-15-4-6-16(7-5-15)23-22-20(12-26(2,3)13-21(22)32)30-24-19(14-28-31(23)24)25(33)29-18-10-8-17(27)9-11-18/h4-11,14,23,30H,12-13H2,1-3H3,(H,29,33)/t23-/m1/s1. The second-order valence-corrected chi connectivity index (χ2v) is 10.0. The lowest BCUT2D eigenvalue weighted by molar-refractivity contribution is -0.118. The highest BCUT2D eigenvalue weighted by Gasteiger charge is 2.42. The van der Waals surface area contributed by atoms with Crippen molar-refractivity contribution in [1.29, 1.82) is 0 Å². The van der Waals surface area contributed by atoms with Gasteiger partial charge in [0.05, 0.1) is 6.20 Å². The van der Waals surface area contributed by atoms with Crippen LogP contribution in [0.2, 0.25) is 5.02 Å². The number of aromatic nitrogens is 2. The van der Waals surface area contributed by atoms with Crippen molar-refractivity contribution in [1.82, 2.24) is 9.78 Å². The van der Waals surface area contributed by atoms with Crippen molar-refractivity contribution in [2.75, 3.05) is 10.6 Å². The molecular weight excluding hydrogens is 436 g/mol. The SMILES string of the molecule is Cc1ccc([C@@H]2C3=C(CC(C)(C)CC3=O)Nc3c(C(=O)Nc4ccc(Cl)cc4)cnn32)cc1. The van der Waals surface area contributed by atoms with Crippen LogP contribution in [0, 0.1) is 12.3 Å². The van der Waals surface area contributed by atoms with Crippen molar-refractivity contribution in [2.45, 2.75) is 39.7 Å². The maximum absolute atomic E-state index is 13.3. The van der Waals surface area contributed by atoms with Crippen molar-refractivity contribution in [2.24, 2.45) is 5.41 Å². The molecule has 1 atom stereocenters. The number of benzene rings is 2. The van der Waals surface area contributed by atoms with Gasteiger partial charge < -0.3 is 10.6 Å². The summed E-state index contributed by atoms with van der Waals surface area (Å²) >= 11 is 5.96. The van der Waals surface area contributed by atoms with Crippen molar-refractivity contribution in [3.05, 3.63) is 87.7 Å². The molecule has 7 heteroatoms. The normalized spacial score (nSPS) is 18.9. The predicted molar refractivity (Wildman–Crippen MR) is 130 cm³/mol. The van der Waals surface area contributed by atoms with Crippen molar-refractivity contribution in [3.8, 4) is 0 Å². The molecule has 1 aliphatic heterocycles. The molecule has 0 saturated carbocycles. The van der Waals surface area contributed by atoms with E-state index in [1.54, 1.807) is 35.1 Å². The van der Waals surface area contributed by atoms with E-state index in [2.05, 4.69) is 29.6 Å². The van der Waals surface area contributed by atoms with Crippen LogP contribution in [0.4, 0.5) is 11.5 Å². The first kappa shape index (κ1) is 21.5. The third-order valence-corrected chi connectivity index (χ3v) is 6.49. The van der Waals surface area contributed by atoms with Crippen LogP contribution in [0.1, 0.15) is 54.2 Å². The Bertz CT molecular complexity index is 1290. The van der Waals surface area contributed by atoms with Gasteiger partial charge >= 0.3 is 0 Å². The first-order valence-corrected chi connectivity index (χ1v) is 11.3. The van der Waals surface area contributed by atoms with Crippen LogP contribution in [-0.2, 0) is 4.79 Å². The Morgan fingerprint density at radius 3 is 2.52 bits per heavy atom. The number of carbonyl (C=O) groups excluding carboxylic acids is 2. The minimum absolute atomic E-state index is 0.118. The first-order valence-electron chi connectivity index (χ1n) is 11.0. The summed E-state index contributed by atoms with van der Waals surface area (Å²) in [5, 5.41) is 11.5. The number of ketones is 1. The summed E-state index contributed by atoms with van der Waals surface area (Å²) in [5.41, 5.74) is 4.62. The maximum Gasteiger partial charge on any atom is 0.261 e. The molecule has 2 aliphatic rings. The quantitative estimate of drug-likeness (QED) is 0.521. The number of nitrogens with zero attached hydrogens (tertiary/aromatic N) is 2. The van der Waals surface area contributed by atoms with Crippen LogP contribution in [0.3, 0.4) is 0 Å². The summed E-state index contributed by atoms with van der Waals surface area (Å²) in [5.74, 6) is 0.433. The molecule has 3 aromatic rings. The Kier molecular flexibility index (Phi) is 5.13. The molecule has 6 nitrogen and oxygen atoms in total. The van der Waals surface area contributed by atoms with Gasteiger partial charge in [-0.3, -0.25) is 9.59 Å². The summed E-state index contributed by atoms with van der Waals surface area (Å²) < 4.78 is 1.76. The summed E-state index contributed by atoms with van der Waals surface area (Å²) in [6.45, 7) is 6.22. The average Bonchev–Trinajstić information content (AvgIpc) is 3.17. The first-order chi connectivity index (χ1) is 15.7. The van der Waals surface area contributed by atoms with Gasteiger partial charge in [0.15, 0.2) is 5.78 Å². The van der Waals surface area contributed by atoms with E-state index in [-0.39, 0.29) is 23.1 Å². The highest BCUT2D eigenvalue weighted by atomic mass is 35.5. The highest BCUT2D eigenvalue weighted by Crippen LogP contribution is 2.46. The van der Waals surface area contributed by atoms with Gasteiger partial charge in [0, 0.05) is 28.4 Å². The number of fused-ring (bicyclic) bond motifs is 1. The van der Waals surface area contributed by atoms with Crippen LogP contribution >= 0.6 is 11.6 Å². The molecule has 1 aliphatic carbocycles. The molecule has 33 heavy (non-hydrogen) atoms. The molecule has 0 unspecified atom stereocenters. The van der Waals surface area contributed by atoms with Gasteiger partial charge in [-0.25, -0.2) is 4.68 Å². The fraction of sp³-hybridized carbons (Fsp3) is 0.269. The van der Waals surface area contributed by atoms with Gasteiger partial charge in [-0.15, -0.1) is 0 Å². The summed E-state index contributed by atoms with van der Waals surface area (Å²) in [7, 11) is 0. The molecule has 0 bridgehead atoms. The number of aryl methyl sites for hydroxylation is 1. The number of Topliss-reactive ketones (excluding diaryl/α,β-unsaturated/α-hetero) is 1. The van der Waals surface area contributed by atoms with Gasteiger partial charge in [0.2, 0.25) is 0 Å². The Labute approximate surface area is 197 Å². The Morgan fingerprint density at radius 2 is 1.82 bits per heavy atom. The van der Waals surface area contributed by atoms with Crippen LogP contribution in [-0.4, -0.2) is 21.5 Å². The van der Waals surface area contributed by atoms with Gasteiger partial charge in [-0.05, 0) is 48.6 Å². The van der Waals surface area contributed by atoms with Gasteiger partial charge in [0.25, 0.3) is 5.91 Å². The fourth-order valence-corrected chi connectivity index (χ4v) is 4.79. The number of hydrogen-bond donors (Lipinski definition) is 2. The third kappa shape index (κ3) is 3.95. The smallest absolute Gasteiger partial charge is 0.261 e. The van der Waals surface area contributed by atoms with E-state index in [9.17, 15) is 9.59 Å². The molecule has 2 aromatic carbocycles. The monoisotopic (exact) mass is 460 g/mol. The minimum Gasteiger partial charge on any atom is -0.343 e. The molecule has 168 valence electrons. The Balaban J connectivity index is 1.58. The predicted octanol–water partition coefficient (Wildman–Crippen LogP) is 5.76. The van der Waals surface area contributed by atoms with E-state index in [4.69, 9.17) is 11.6 Å². The molecule has 1 aromatic heterocycles. The van der Waals surface area contributed by atoms with Gasteiger partial charge in [0.1, 0.15) is 17.4 Å². The number of carbonyl (C=O) groups is 2. The largest absolute Gasteiger partial charge is 0.343 e. The zero-order chi connectivity index (χ0) is 23.3. The number of amides is 1. The molecule has 5 rings (SSSR count).